The van der Waals surface area contributed by atoms with Crippen LogP contribution in [0.4, 0.5) is 0 Å². The molecule has 0 aromatic heterocycles. The van der Waals surface area contributed by atoms with Crippen LogP contribution >= 0.6 is 0 Å². The molecule has 2 N–H and O–H groups in total. The molecule has 0 bridgehead atoms. The SMILES string of the molecule is CC1CCC(N2CCC(C)(CN)C2)C1. The van der Waals surface area contributed by atoms with Gasteiger partial charge >= 0.3 is 0 Å². The quantitative estimate of drug-likeness (QED) is 0.730. The van der Waals surface area contributed by atoms with E-state index in [9.17, 15) is 0 Å². The van der Waals surface area contributed by atoms with E-state index in [2.05, 4.69) is 18.7 Å². The van der Waals surface area contributed by atoms with Crippen LogP contribution in [0.5, 0.6) is 0 Å². The first-order valence-electron chi connectivity index (χ1n) is 6.07. The van der Waals surface area contributed by atoms with Crippen LogP contribution in [0, 0.1) is 11.3 Å². The standard InChI is InChI=1S/C12H24N2/c1-10-3-4-11(7-10)14-6-5-12(2,8-13)9-14/h10-11H,3-9,13H2,1-2H3. The first-order valence-corrected chi connectivity index (χ1v) is 6.07. The third-order valence-corrected chi connectivity index (χ3v) is 4.26. The predicted octanol–water partition coefficient (Wildman–Crippen LogP) is 1.85. The molecule has 1 aliphatic heterocycles. The molecule has 2 aliphatic rings. The van der Waals surface area contributed by atoms with Crippen molar-refractivity contribution in [3.05, 3.63) is 0 Å². The smallest absolute Gasteiger partial charge is 0.00981 e. The molecule has 0 aromatic carbocycles. The molecule has 1 saturated carbocycles. The number of nitrogens with two attached hydrogens (primary N) is 1. The Morgan fingerprint density at radius 2 is 2.21 bits per heavy atom. The van der Waals surface area contributed by atoms with Gasteiger partial charge in [-0.3, -0.25) is 4.90 Å². The lowest BCUT2D eigenvalue weighted by Gasteiger charge is -2.27. The highest BCUT2D eigenvalue weighted by molar-refractivity contribution is 4.92. The minimum absolute atomic E-state index is 0.409. The van der Waals surface area contributed by atoms with Crippen LogP contribution in [0.15, 0.2) is 0 Å². The first kappa shape index (κ1) is 10.4. The monoisotopic (exact) mass is 196 g/mol. The van der Waals surface area contributed by atoms with Crippen LogP contribution in [-0.4, -0.2) is 30.6 Å². The average molecular weight is 196 g/mol. The van der Waals surface area contributed by atoms with Crippen molar-refractivity contribution in [2.45, 2.75) is 45.6 Å². The first-order chi connectivity index (χ1) is 6.63. The Morgan fingerprint density at radius 1 is 1.43 bits per heavy atom. The number of hydrogen-bond acceptors (Lipinski definition) is 2. The lowest BCUT2D eigenvalue weighted by atomic mass is 9.90. The summed E-state index contributed by atoms with van der Waals surface area (Å²) in [5.74, 6) is 0.949. The molecular weight excluding hydrogens is 172 g/mol. The summed E-state index contributed by atoms with van der Waals surface area (Å²) in [7, 11) is 0. The molecule has 1 heterocycles. The molecule has 0 radical (unpaired) electrons. The summed E-state index contributed by atoms with van der Waals surface area (Å²) in [6.07, 6.45) is 5.57. The van der Waals surface area contributed by atoms with Crippen molar-refractivity contribution in [1.29, 1.82) is 0 Å². The molecule has 0 spiro atoms. The summed E-state index contributed by atoms with van der Waals surface area (Å²) >= 11 is 0. The Bertz CT molecular complexity index is 204. The normalized spacial score (nSPS) is 44.8. The summed E-state index contributed by atoms with van der Waals surface area (Å²) in [5, 5.41) is 0. The van der Waals surface area contributed by atoms with Crippen LogP contribution in [-0.2, 0) is 0 Å². The number of rotatable bonds is 2. The number of hydrogen-bond donors (Lipinski definition) is 1. The fourth-order valence-electron chi connectivity index (χ4n) is 3.05. The van der Waals surface area contributed by atoms with E-state index in [1.54, 1.807) is 0 Å². The molecule has 1 saturated heterocycles. The van der Waals surface area contributed by atoms with Gasteiger partial charge in [0, 0.05) is 12.6 Å². The third-order valence-electron chi connectivity index (χ3n) is 4.26. The molecule has 82 valence electrons. The maximum absolute atomic E-state index is 5.83. The fraction of sp³-hybridized carbons (Fsp3) is 1.00. The zero-order valence-electron chi connectivity index (χ0n) is 9.63. The van der Waals surface area contributed by atoms with Gasteiger partial charge in [-0.2, -0.15) is 0 Å². The minimum atomic E-state index is 0.409. The van der Waals surface area contributed by atoms with Gasteiger partial charge in [0.1, 0.15) is 0 Å². The fourth-order valence-corrected chi connectivity index (χ4v) is 3.05. The van der Waals surface area contributed by atoms with Gasteiger partial charge in [-0.15, -0.1) is 0 Å². The topological polar surface area (TPSA) is 29.3 Å². The molecule has 3 unspecified atom stereocenters. The van der Waals surface area contributed by atoms with E-state index in [1.807, 2.05) is 0 Å². The van der Waals surface area contributed by atoms with Gasteiger partial charge in [-0.1, -0.05) is 13.8 Å². The molecule has 1 aliphatic carbocycles. The van der Waals surface area contributed by atoms with E-state index in [0.29, 0.717) is 5.41 Å². The Balaban J connectivity index is 1.89. The van der Waals surface area contributed by atoms with Crippen molar-refractivity contribution in [2.24, 2.45) is 17.1 Å². The molecule has 2 nitrogen and oxygen atoms in total. The molecule has 0 amide bonds. The van der Waals surface area contributed by atoms with Gasteiger partial charge in [0.05, 0.1) is 0 Å². The lowest BCUT2D eigenvalue weighted by molar-refractivity contribution is 0.212. The predicted molar refractivity (Wildman–Crippen MR) is 60.2 cm³/mol. The molecular formula is C12H24N2. The Hall–Kier alpha value is -0.0800. The second kappa shape index (κ2) is 3.82. The summed E-state index contributed by atoms with van der Waals surface area (Å²) < 4.78 is 0. The van der Waals surface area contributed by atoms with Crippen molar-refractivity contribution < 1.29 is 0 Å². The van der Waals surface area contributed by atoms with E-state index in [4.69, 9.17) is 5.73 Å². The lowest BCUT2D eigenvalue weighted by Crippen LogP contribution is -2.36. The largest absolute Gasteiger partial charge is 0.330 e. The molecule has 2 heteroatoms. The van der Waals surface area contributed by atoms with Crippen molar-refractivity contribution in [1.82, 2.24) is 4.90 Å². The second-order valence-corrected chi connectivity index (χ2v) is 5.81. The maximum Gasteiger partial charge on any atom is 0.00981 e. The van der Waals surface area contributed by atoms with E-state index in [1.165, 1.54) is 38.8 Å². The van der Waals surface area contributed by atoms with Gasteiger partial charge in [0.25, 0.3) is 0 Å². The average Bonchev–Trinajstić information content (AvgIpc) is 2.73. The van der Waals surface area contributed by atoms with Gasteiger partial charge in [0.2, 0.25) is 0 Å². The van der Waals surface area contributed by atoms with E-state index >= 15 is 0 Å². The molecule has 0 aromatic rings. The molecule has 2 rings (SSSR count). The summed E-state index contributed by atoms with van der Waals surface area (Å²) in [4.78, 5) is 2.69. The second-order valence-electron chi connectivity index (χ2n) is 5.81. The van der Waals surface area contributed by atoms with Crippen molar-refractivity contribution >= 4 is 0 Å². The maximum atomic E-state index is 5.83. The van der Waals surface area contributed by atoms with Crippen LogP contribution in [0.25, 0.3) is 0 Å². The van der Waals surface area contributed by atoms with Crippen LogP contribution in [0.1, 0.15) is 39.5 Å². The highest BCUT2D eigenvalue weighted by Crippen LogP contribution is 2.36. The zero-order valence-corrected chi connectivity index (χ0v) is 9.63. The summed E-state index contributed by atoms with van der Waals surface area (Å²) in [5.41, 5.74) is 6.24. The van der Waals surface area contributed by atoms with Crippen LogP contribution in [0.2, 0.25) is 0 Å². The molecule has 2 fully saturated rings. The van der Waals surface area contributed by atoms with Crippen LogP contribution in [0.3, 0.4) is 0 Å². The number of likely N-dealkylation sites (tertiary alicyclic amines) is 1. The van der Waals surface area contributed by atoms with Gasteiger partial charge in [-0.25, -0.2) is 0 Å². The van der Waals surface area contributed by atoms with E-state index in [-0.39, 0.29) is 0 Å². The summed E-state index contributed by atoms with van der Waals surface area (Å²) in [6.45, 7) is 8.10. The van der Waals surface area contributed by atoms with Gasteiger partial charge < -0.3 is 5.73 Å². The van der Waals surface area contributed by atoms with Crippen molar-refractivity contribution in [3.8, 4) is 0 Å². The van der Waals surface area contributed by atoms with Crippen molar-refractivity contribution in [3.63, 3.8) is 0 Å². The Morgan fingerprint density at radius 3 is 2.71 bits per heavy atom. The highest BCUT2D eigenvalue weighted by Gasteiger charge is 2.37. The molecule has 3 atom stereocenters. The van der Waals surface area contributed by atoms with Gasteiger partial charge in [-0.05, 0) is 50.1 Å². The van der Waals surface area contributed by atoms with Crippen molar-refractivity contribution in [2.75, 3.05) is 19.6 Å². The Labute approximate surface area is 87.8 Å². The van der Waals surface area contributed by atoms with Gasteiger partial charge in [0.15, 0.2) is 0 Å². The van der Waals surface area contributed by atoms with E-state index < -0.39 is 0 Å². The number of nitrogens with zero attached hydrogens (tertiary/aromatic N) is 1. The summed E-state index contributed by atoms with van der Waals surface area (Å²) in [6, 6.07) is 0.873. The zero-order chi connectivity index (χ0) is 10.2. The highest BCUT2D eigenvalue weighted by atomic mass is 15.2. The third kappa shape index (κ3) is 1.96. The minimum Gasteiger partial charge on any atom is -0.330 e. The van der Waals surface area contributed by atoms with Crippen LogP contribution < -0.4 is 5.73 Å². The molecule has 14 heavy (non-hydrogen) atoms. The Kier molecular flexibility index (Phi) is 2.85. The van der Waals surface area contributed by atoms with E-state index in [0.717, 1.165) is 18.5 Å².